The van der Waals surface area contributed by atoms with E-state index in [2.05, 4.69) is 93.6 Å². The van der Waals surface area contributed by atoms with Gasteiger partial charge in [0.2, 0.25) is 0 Å². The second kappa shape index (κ2) is 8.64. The van der Waals surface area contributed by atoms with E-state index in [1.807, 2.05) is 23.5 Å². The third-order valence-electron chi connectivity index (χ3n) is 4.14. The van der Waals surface area contributed by atoms with Crippen LogP contribution in [0.4, 0.5) is 0 Å². The summed E-state index contributed by atoms with van der Waals surface area (Å²) in [6.45, 7) is 6.45. The Morgan fingerprint density at radius 3 is 1.88 bits per heavy atom. The Bertz CT molecular complexity index is 804. The lowest BCUT2D eigenvalue weighted by Crippen LogP contribution is -1.98. The average molecular weight is 365 g/mol. The van der Waals surface area contributed by atoms with E-state index >= 15 is 0 Å². The number of thioether (sulfide) groups is 2. The van der Waals surface area contributed by atoms with Crippen LogP contribution in [0.5, 0.6) is 0 Å². The molecule has 0 bridgehead atoms. The van der Waals surface area contributed by atoms with E-state index in [9.17, 15) is 0 Å². The van der Waals surface area contributed by atoms with Crippen LogP contribution in [0.15, 0.2) is 82.6 Å². The topological polar surface area (TPSA) is 0 Å². The molecule has 0 radical (unpaired) electrons. The van der Waals surface area contributed by atoms with Crippen LogP contribution in [0.1, 0.15) is 27.5 Å². The molecule has 0 heterocycles. The summed E-state index contributed by atoms with van der Waals surface area (Å²) in [6, 6.07) is 26.6. The molecule has 2 heteroatoms. The van der Waals surface area contributed by atoms with Crippen molar-refractivity contribution in [1.29, 1.82) is 0 Å². The van der Waals surface area contributed by atoms with E-state index in [4.69, 9.17) is 0 Å². The Hall–Kier alpha value is -1.64. The van der Waals surface area contributed by atoms with Crippen LogP contribution in [0.3, 0.4) is 0 Å². The Balaban J connectivity index is 1.78. The van der Waals surface area contributed by atoms with Crippen LogP contribution < -0.4 is 0 Å². The lowest BCUT2D eigenvalue weighted by Gasteiger charge is -2.18. The van der Waals surface area contributed by atoms with Crippen molar-refractivity contribution >= 4 is 23.5 Å². The van der Waals surface area contributed by atoms with Gasteiger partial charge in [0, 0.05) is 20.8 Å². The summed E-state index contributed by atoms with van der Waals surface area (Å²) in [5.74, 6) is 1.06. The zero-order chi connectivity index (χ0) is 17.6. The zero-order valence-corrected chi connectivity index (χ0v) is 16.7. The maximum absolute atomic E-state index is 2.32. The van der Waals surface area contributed by atoms with Gasteiger partial charge in [-0.2, -0.15) is 0 Å². The molecule has 3 aromatic rings. The fourth-order valence-corrected chi connectivity index (χ4v) is 4.90. The maximum Gasteiger partial charge on any atom is 0.0438 e. The molecule has 0 saturated carbocycles. The largest absolute Gasteiger partial charge is 0.125 e. The van der Waals surface area contributed by atoms with Gasteiger partial charge in [0.05, 0.1) is 0 Å². The quantitative estimate of drug-likeness (QED) is 0.423. The summed E-state index contributed by atoms with van der Waals surface area (Å²) in [6.07, 6.45) is 0. The molecule has 0 aliphatic rings. The molecular formula is C23H24S2. The lowest BCUT2D eigenvalue weighted by molar-refractivity contribution is 1.10. The summed E-state index contributed by atoms with van der Waals surface area (Å²) >= 11 is 3.90. The Morgan fingerprint density at radius 2 is 1.28 bits per heavy atom. The molecule has 0 aromatic heterocycles. The first-order valence-electron chi connectivity index (χ1n) is 8.59. The maximum atomic E-state index is 2.32. The van der Waals surface area contributed by atoms with Gasteiger partial charge in [-0.3, -0.25) is 0 Å². The zero-order valence-electron chi connectivity index (χ0n) is 15.0. The molecule has 0 nitrogen and oxygen atoms in total. The molecule has 0 N–H and O–H groups in total. The minimum absolute atomic E-state index is 0.439. The van der Waals surface area contributed by atoms with Gasteiger partial charge in [0.25, 0.3) is 0 Å². The molecule has 0 saturated heterocycles. The van der Waals surface area contributed by atoms with Gasteiger partial charge in [0.15, 0.2) is 0 Å². The third kappa shape index (κ3) is 5.42. The first kappa shape index (κ1) is 18.2. The van der Waals surface area contributed by atoms with E-state index in [0.717, 1.165) is 5.75 Å². The van der Waals surface area contributed by atoms with E-state index in [1.165, 1.54) is 32.0 Å². The van der Waals surface area contributed by atoms with Crippen LogP contribution in [0.25, 0.3) is 0 Å². The minimum atomic E-state index is 0.439. The van der Waals surface area contributed by atoms with E-state index in [0.29, 0.717) is 5.25 Å². The molecule has 1 unspecified atom stereocenters. The third-order valence-corrected chi connectivity index (χ3v) is 6.72. The van der Waals surface area contributed by atoms with Crippen molar-refractivity contribution in [2.75, 3.05) is 5.75 Å². The fraction of sp³-hybridized carbons (Fsp3) is 0.217. The summed E-state index contributed by atoms with van der Waals surface area (Å²) in [4.78, 5) is 2.68. The van der Waals surface area contributed by atoms with E-state index < -0.39 is 0 Å². The summed E-state index contributed by atoms with van der Waals surface area (Å²) < 4.78 is 0. The van der Waals surface area contributed by atoms with Crippen molar-refractivity contribution in [1.82, 2.24) is 0 Å². The Labute approximate surface area is 160 Å². The van der Waals surface area contributed by atoms with Crippen LogP contribution in [0.2, 0.25) is 0 Å². The van der Waals surface area contributed by atoms with Gasteiger partial charge < -0.3 is 0 Å². The normalized spacial score (nSPS) is 12.1. The van der Waals surface area contributed by atoms with Crippen LogP contribution >= 0.6 is 23.5 Å². The Kier molecular flexibility index (Phi) is 6.28. The summed E-state index contributed by atoms with van der Waals surface area (Å²) in [5.41, 5.74) is 5.36. The van der Waals surface area contributed by atoms with Crippen molar-refractivity contribution < 1.29 is 0 Å². The molecule has 0 amide bonds. The Morgan fingerprint density at radius 1 is 0.680 bits per heavy atom. The number of hydrogen-bond acceptors (Lipinski definition) is 2. The van der Waals surface area contributed by atoms with Crippen molar-refractivity contribution in [3.63, 3.8) is 0 Å². The van der Waals surface area contributed by atoms with Crippen molar-refractivity contribution in [2.24, 2.45) is 0 Å². The number of aryl methyl sites for hydroxylation is 3. The molecule has 0 aliphatic carbocycles. The van der Waals surface area contributed by atoms with Crippen molar-refractivity contribution in [3.8, 4) is 0 Å². The lowest BCUT2D eigenvalue weighted by atomic mass is 10.1. The molecule has 0 spiro atoms. The predicted octanol–water partition coefficient (Wildman–Crippen LogP) is 7.24. The molecule has 3 rings (SSSR count). The number of hydrogen-bond donors (Lipinski definition) is 0. The molecule has 25 heavy (non-hydrogen) atoms. The highest BCUT2D eigenvalue weighted by Crippen LogP contribution is 2.39. The summed E-state index contributed by atoms with van der Waals surface area (Å²) in [5, 5.41) is 0.439. The number of rotatable bonds is 6. The van der Waals surface area contributed by atoms with Gasteiger partial charge in [-0.15, -0.1) is 23.5 Å². The molecule has 0 aliphatic heterocycles. The monoisotopic (exact) mass is 364 g/mol. The van der Waals surface area contributed by atoms with Gasteiger partial charge in [-0.1, -0.05) is 65.2 Å². The van der Waals surface area contributed by atoms with E-state index in [1.54, 1.807) is 0 Å². The van der Waals surface area contributed by atoms with Gasteiger partial charge >= 0.3 is 0 Å². The minimum Gasteiger partial charge on any atom is -0.125 e. The van der Waals surface area contributed by atoms with Gasteiger partial charge in [-0.25, -0.2) is 0 Å². The molecule has 1 atom stereocenters. The fourth-order valence-electron chi connectivity index (χ4n) is 2.66. The molecule has 128 valence electrons. The van der Waals surface area contributed by atoms with Crippen molar-refractivity contribution in [3.05, 3.63) is 95.1 Å². The smallest absolute Gasteiger partial charge is 0.0438 e. The second-order valence-electron chi connectivity index (χ2n) is 6.46. The van der Waals surface area contributed by atoms with Crippen LogP contribution in [-0.2, 0) is 0 Å². The van der Waals surface area contributed by atoms with Gasteiger partial charge in [-0.05, 0) is 50.6 Å². The SMILES string of the molecule is Cc1ccc(SCC(Sc2ccc(C)cc2)c2cccc(C)c2)cc1. The van der Waals surface area contributed by atoms with Crippen molar-refractivity contribution in [2.45, 2.75) is 35.8 Å². The standard InChI is InChI=1S/C23H24S2/c1-17-7-11-21(12-8-17)24-16-23(20-6-4-5-19(3)15-20)25-22-13-9-18(2)10-14-22/h4-15,23H,16H2,1-3H3. The predicted molar refractivity (Wildman–Crippen MR) is 113 cm³/mol. The van der Waals surface area contributed by atoms with Crippen LogP contribution in [-0.4, -0.2) is 5.75 Å². The molecular weight excluding hydrogens is 340 g/mol. The first-order valence-corrected chi connectivity index (χ1v) is 10.5. The second-order valence-corrected chi connectivity index (χ2v) is 8.83. The van der Waals surface area contributed by atoms with Crippen LogP contribution in [0, 0.1) is 20.8 Å². The molecule has 3 aromatic carbocycles. The molecule has 0 fully saturated rings. The average Bonchev–Trinajstić information content (AvgIpc) is 2.61. The summed E-state index contributed by atoms with van der Waals surface area (Å²) in [7, 11) is 0. The highest BCUT2D eigenvalue weighted by molar-refractivity contribution is 8.03. The highest BCUT2D eigenvalue weighted by atomic mass is 32.2. The van der Waals surface area contributed by atoms with Gasteiger partial charge in [0.1, 0.15) is 0 Å². The first-order chi connectivity index (χ1) is 12.1. The highest BCUT2D eigenvalue weighted by Gasteiger charge is 2.14. The van der Waals surface area contributed by atoms with E-state index in [-0.39, 0.29) is 0 Å². The number of benzene rings is 3.